The van der Waals surface area contributed by atoms with Crippen LogP contribution in [0.1, 0.15) is 44.6 Å². The van der Waals surface area contributed by atoms with Crippen molar-refractivity contribution in [3.8, 4) is 5.75 Å². The number of benzene rings is 1. The molecule has 0 heterocycles. The summed E-state index contributed by atoms with van der Waals surface area (Å²) in [5.74, 6) is 1.28. The third-order valence-corrected chi connectivity index (χ3v) is 5.18. The monoisotopic (exact) mass is 374 g/mol. The van der Waals surface area contributed by atoms with Crippen LogP contribution < -0.4 is 10.6 Å². The molecule has 0 aromatic heterocycles. The summed E-state index contributed by atoms with van der Waals surface area (Å²) in [7, 11) is 3.66. The Hall–Kier alpha value is -2.24. The van der Waals surface area contributed by atoms with E-state index >= 15 is 0 Å². The number of aryl methyl sites for hydroxylation is 1. The van der Waals surface area contributed by atoms with Crippen LogP contribution in [0.4, 0.5) is 0 Å². The predicted molar refractivity (Wildman–Crippen MR) is 110 cm³/mol. The molecule has 0 aliphatic heterocycles. The van der Waals surface area contributed by atoms with Gasteiger partial charge in [0.05, 0.1) is 12.0 Å². The Morgan fingerprint density at radius 2 is 1.85 bits per heavy atom. The second kappa shape index (κ2) is 10.2. The number of phenols is 1. The lowest BCUT2D eigenvalue weighted by atomic mass is 9.85. The van der Waals surface area contributed by atoms with E-state index in [0.717, 1.165) is 57.6 Å². The van der Waals surface area contributed by atoms with Gasteiger partial charge in [-0.15, -0.1) is 0 Å². The maximum Gasteiger partial charge on any atom is 0.230 e. The zero-order valence-corrected chi connectivity index (χ0v) is 16.9. The maximum atomic E-state index is 12.7. The second-order valence-corrected chi connectivity index (χ2v) is 7.58. The van der Waals surface area contributed by atoms with E-state index in [1.165, 1.54) is 5.56 Å². The number of carbonyl (C=O) groups excluding carboxylic acids is 1. The molecule has 150 valence electrons. The molecule has 1 aliphatic rings. The Kier molecular flexibility index (Phi) is 7.95. The van der Waals surface area contributed by atoms with Crippen molar-refractivity contribution in [1.29, 1.82) is 0 Å². The summed E-state index contributed by atoms with van der Waals surface area (Å²) >= 11 is 0. The van der Waals surface area contributed by atoms with Crippen LogP contribution in [0.3, 0.4) is 0 Å². The lowest BCUT2D eigenvalue weighted by molar-refractivity contribution is -0.138. The minimum Gasteiger partial charge on any atom is -0.508 e. The lowest BCUT2D eigenvalue weighted by Gasteiger charge is -2.29. The zero-order chi connectivity index (χ0) is 19.7. The molecular formula is C21H34N4O2. The molecule has 1 saturated carbocycles. The highest BCUT2D eigenvalue weighted by molar-refractivity contribution is 5.84. The van der Waals surface area contributed by atoms with Crippen molar-refractivity contribution in [3.05, 3.63) is 29.8 Å². The molecule has 1 aromatic carbocycles. The van der Waals surface area contributed by atoms with Gasteiger partial charge in [-0.3, -0.25) is 9.79 Å². The lowest BCUT2D eigenvalue weighted by Crippen LogP contribution is -2.43. The van der Waals surface area contributed by atoms with Gasteiger partial charge in [-0.25, -0.2) is 0 Å². The van der Waals surface area contributed by atoms with Gasteiger partial charge in [0.15, 0.2) is 5.96 Å². The fraction of sp³-hybridized carbons (Fsp3) is 0.619. The van der Waals surface area contributed by atoms with E-state index < -0.39 is 0 Å². The van der Waals surface area contributed by atoms with Crippen molar-refractivity contribution in [2.45, 2.75) is 45.4 Å². The van der Waals surface area contributed by atoms with Crippen LogP contribution in [0.25, 0.3) is 0 Å². The molecule has 0 saturated heterocycles. The van der Waals surface area contributed by atoms with Gasteiger partial charge in [0.2, 0.25) is 5.91 Å². The molecule has 3 N–H and O–H groups in total. The molecule has 0 atom stereocenters. The zero-order valence-electron chi connectivity index (χ0n) is 16.9. The Balaban J connectivity index is 1.88. The highest BCUT2D eigenvalue weighted by Crippen LogP contribution is 2.39. The minimum atomic E-state index is -0.335. The third-order valence-electron chi connectivity index (χ3n) is 5.18. The fourth-order valence-electron chi connectivity index (χ4n) is 3.70. The molecule has 1 fully saturated rings. The van der Waals surface area contributed by atoms with Crippen molar-refractivity contribution in [3.63, 3.8) is 0 Å². The molecule has 0 bridgehead atoms. The number of carbonyl (C=O) groups is 1. The Labute approximate surface area is 163 Å². The number of phenolic OH excluding ortho intramolecular Hbond substituents is 1. The molecule has 1 amide bonds. The number of hydrogen-bond donors (Lipinski definition) is 3. The van der Waals surface area contributed by atoms with Crippen LogP contribution >= 0.6 is 0 Å². The van der Waals surface area contributed by atoms with Crippen LogP contribution in [-0.4, -0.2) is 55.6 Å². The van der Waals surface area contributed by atoms with Gasteiger partial charge in [0.25, 0.3) is 0 Å². The molecule has 6 heteroatoms. The second-order valence-electron chi connectivity index (χ2n) is 7.58. The van der Waals surface area contributed by atoms with Gasteiger partial charge >= 0.3 is 0 Å². The maximum absolute atomic E-state index is 12.7. The Bertz CT molecular complexity index is 620. The first kappa shape index (κ1) is 21.1. The standard InChI is InChI=1S/C21H34N4O2/c1-4-22-20(23-15-7-8-17-9-11-18(26)12-10-17)24-16-21(13-5-6-14-21)19(27)25(2)3/h9-12,26H,4-8,13-16H2,1-3H3,(H2,22,23,24). The average Bonchev–Trinajstić information content (AvgIpc) is 3.14. The number of guanidine groups is 1. The fourth-order valence-corrected chi connectivity index (χ4v) is 3.70. The first-order chi connectivity index (χ1) is 13.0. The van der Waals surface area contributed by atoms with E-state index in [9.17, 15) is 9.90 Å². The average molecular weight is 375 g/mol. The molecule has 1 aromatic rings. The summed E-state index contributed by atoms with van der Waals surface area (Å²) < 4.78 is 0. The molecule has 0 radical (unpaired) electrons. The summed E-state index contributed by atoms with van der Waals surface area (Å²) in [6.07, 6.45) is 5.96. The quantitative estimate of drug-likeness (QED) is 0.371. The summed E-state index contributed by atoms with van der Waals surface area (Å²) in [5.41, 5.74) is 0.871. The molecule has 0 unspecified atom stereocenters. The summed E-state index contributed by atoms with van der Waals surface area (Å²) in [6.45, 7) is 4.18. The molecule has 27 heavy (non-hydrogen) atoms. The topological polar surface area (TPSA) is 77.0 Å². The SMILES string of the molecule is CCNC(=NCC1(C(=O)N(C)C)CCCC1)NCCCc1ccc(O)cc1. The molecule has 1 aliphatic carbocycles. The van der Waals surface area contributed by atoms with Gasteiger partial charge in [0, 0.05) is 27.2 Å². The van der Waals surface area contributed by atoms with Gasteiger partial charge in [-0.05, 0) is 50.3 Å². The van der Waals surface area contributed by atoms with Crippen molar-refractivity contribution in [2.24, 2.45) is 10.4 Å². The smallest absolute Gasteiger partial charge is 0.230 e. The van der Waals surface area contributed by atoms with Crippen molar-refractivity contribution in [2.75, 3.05) is 33.7 Å². The van der Waals surface area contributed by atoms with Crippen LogP contribution in [0.5, 0.6) is 5.75 Å². The van der Waals surface area contributed by atoms with Crippen LogP contribution in [0.15, 0.2) is 29.3 Å². The number of nitrogens with zero attached hydrogens (tertiary/aromatic N) is 2. The van der Waals surface area contributed by atoms with E-state index in [1.807, 2.05) is 33.2 Å². The highest BCUT2D eigenvalue weighted by Gasteiger charge is 2.41. The third kappa shape index (κ3) is 6.15. The number of aliphatic imine (C=N–C) groups is 1. The van der Waals surface area contributed by atoms with E-state index in [-0.39, 0.29) is 11.3 Å². The van der Waals surface area contributed by atoms with Crippen LogP contribution in [0.2, 0.25) is 0 Å². The molecule has 0 spiro atoms. The van der Waals surface area contributed by atoms with Gasteiger partial charge in [-0.2, -0.15) is 0 Å². The summed E-state index contributed by atoms with van der Waals surface area (Å²) in [5, 5.41) is 16.0. The Morgan fingerprint density at radius 3 is 2.44 bits per heavy atom. The van der Waals surface area contributed by atoms with E-state index in [0.29, 0.717) is 12.3 Å². The molecular weight excluding hydrogens is 340 g/mol. The van der Waals surface area contributed by atoms with Crippen molar-refractivity contribution in [1.82, 2.24) is 15.5 Å². The van der Waals surface area contributed by atoms with Gasteiger partial charge < -0.3 is 20.6 Å². The number of amides is 1. The van der Waals surface area contributed by atoms with Crippen LogP contribution in [0, 0.1) is 5.41 Å². The first-order valence-corrected chi connectivity index (χ1v) is 9.99. The first-order valence-electron chi connectivity index (χ1n) is 9.99. The van der Waals surface area contributed by atoms with E-state index in [2.05, 4.69) is 10.6 Å². The number of nitrogens with one attached hydrogen (secondary N) is 2. The normalized spacial score (nSPS) is 16.2. The molecule has 6 nitrogen and oxygen atoms in total. The Morgan fingerprint density at radius 1 is 1.19 bits per heavy atom. The van der Waals surface area contributed by atoms with Crippen molar-refractivity contribution < 1.29 is 9.90 Å². The van der Waals surface area contributed by atoms with E-state index in [4.69, 9.17) is 4.99 Å². The predicted octanol–water partition coefficient (Wildman–Crippen LogP) is 2.53. The molecule has 2 rings (SSSR count). The number of rotatable bonds is 8. The summed E-state index contributed by atoms with van der Waals surface area (Å²) in [4.78, 5) is 19.1. The van der Waals surface area contributed by atoms with E-state index in [1.54, 1.807) is 17.0 Å². The highest BCUT2D eigenvalue weighted by atomic mass is 16.3. The number of aromatic hydroxyl groups is 1. The van der Waals surface area contributed by atoms with Crippen LogP contribution in [-0.2, 0) is 11.2 Å². The minimum absolute atomic E-state index is 0.201. The van der Waals surface area contributed by atoms with Gasteiger partial charge in [-0.1, -0.05) is 25.0 Å². The van der Waals surface area contributed by atoms with Gasteiger partial charge in [0.1, 0.15) is 5.75 Å². The number of hydrogen-bond acceptors (Lipinski definition) is 3. The van der Waals surface area contributed by atoms with Crippen molar-refractivity contribution >= 4 is 11.9 Å². The summed E-state index contributed by atoms with van der Waals surface area (Å²) in [6, 6.07) is 7.34. The largest absolute Gasteiger partial charge is 0.508 e.